The number of benzene rings is 1. The number of hydrogen-bond acceptors (Lipinski definition) is 1. The molecule has 0 spiro atoms. The molecule has 1 aromatic rings. The molecule has 2 heteroatoms. The van der Waals surface area contributed by atoms with Crippen molar-refractivity contribution < 1.29 is 4.43 Å². The van der Waals surface area contributed by atoms with E-state index in [2.05, 4.69) is 73.6 Å². The lowest BCUT2D eigenvalue weighted by Gasteiger charge is -2.42. The molecular weight excluding hydrogens is 248 g/mol. The second-order valence-electron chi connectivity index (χ2n) is 6.62. The average molecular weight is 279 g/mol. The van der Waals surface area contributed by atoms with Crippen LogP contribution < -0.4 is 4.43 Å². The van der Waals surface area contributed by atoms with Crippen LogP contribution in [0.15, 0.2) is 18.2 Å². The Morgan fingerprint density at radius 3 is 1.74 bits per heavy atom. The summed E-state index contributed by atoms with van der Waals surface area (Å²) in [6.07, 6.45) is 0. The molecule has 0 aliphatic heterocycles. The zero-order chi connectivity index (χ0) is 14.8. The SMILES string of the molecule is Cc1cccc(O[Si](C(C)C)(C(C)C)C(C)C)c1C. The Hall–Kier alpha value is -0.763. The average Bonchev–Trinajstić information content (AvgIpc) is 2.29. The molecule has 1 rings (SSSR count). The minimum absolute atomic E-state index is 0.618. The van der Waals surface area contributed by atoms with Crippen molar-refractivity contribution in [2.75, 3.05) is 0 Å². The van der Waals surface area contributed by atoms with E-state index in [1.165, 1.54) is 11.1 Å². The summed E-state index contributed by atoms with van der Waals surface area (Å²) in [7, 11) is -1.82. The van der Waals surface area contributed by atoms with Gasteiger partial charge in [0.25, 0.3) is 8.32 Å². The second-order valence-corrected chi connectivity index (χ2v) is 12.0. The Balaban J connectivity index is 3.25. The number of rotatable bonds is 5. The van der Waals surface area contributed by atoms with Gasteiger partial charge in [-0.05, 0) is 47.7 Å². The predicted molar refractivity (Wildman–Crippen MR) is 87.6 cm³/mol. The molecule has 0 bridgehead atoms. The smallest absolute Gasteiger partial charge is 0.258 e. The number of aryl methyl sites for hydroxylation is 1. The van der Waals surface area contributed by atoms with Crippen molar-refractivity contribution in [3.8, 4) is 5.75 Å². The van der Waals surface area contributed by atoms with E-state index in [9.17, 15) is 0 Å². The largest absolute Gasteiger partial charge is 0.543 e. The Morgan fingerprint density at radius 2 is 1.32 bits per heavy atom. The molecule has 0 aliphatic rings. The fraction of sp³-hybridized carbons (Fsp3) is 0.647. The van der Waals surface area contributed by atoms with Crippen molar-refractivity contribution in [1.82, 2.24) is 0 Å². The van der Waals surface area contributed by atoms with E-state index in [4.69, 9.17) is 4.43 Å². The van der Waals surface area contributed by atoms with E-state index in [0.717, 1.165) is 5.75 Å². The van der Waals surface area contributed by atoms with Gasteiger partial charge in [-0.2, -0.15) is 0 Å². The highest BCUT2D eigenvalue weighted by molar-refractivity contribution is 6.78. The Morgan fingerprint density at radius 1 is 0.842 bits per heavy atom. The van der Waals surface area contributed by atoms with Crippen LogP contribution in [0.3, 0.4) is 0 Å². The van der Waals surface area contributed by atoms with Gasteiger partial charge in [0.15, 0.2) is 0 Å². The molecule has 0 N–H and O–H groups in total. The summed E-state index contributed by atoms with van der Waals surface area (Å²) < 4.78 is 6.74. The van der Waals surface area contributed by atoms with Gasteiger partial charge in [0.2, 0.25) is 0 Å². The second kappa shape index (κ2) is 6.13. The van der Waals surface area contributed by atoms with Crippen LogP contribution in [0.4, 0.5) is 0 Å². The summed E-state index contributed by atoms with van der Waals surface area (Å²) in [5, 5.41) is 0. The Bertz CT molecular complexity index is 399. The lowest BCUT2D eigenvalue weighted by molar-refractivity contribution is 0.476. The first-order valence-corrected chi connectivity index (χ1v) is 9.62. The highest BCUT2D eigenvalue weighted by Crippen LogP contribution is 2.43. The van der Waals surface area contributed by atoms with E-state index < -0.39 is 8.32 Å². The minimum atomic E-state index is -1.82. The van der Waals surface area contributed by atoms with Gasteiger partial charge in [0.1, 0.15) is 5.75 Å². The minimum Gasteiger partial charge on any atom is -0.543 e. The van der Waals surface area contributed by atoms with E-state index in [-0.39, 0.29) is 0 Å². The van der Waals surface area contributed by atoms with Crippen LogP contribution in [0.2, 0.25) is 16.6 Å². The van der Waals surface area contributed by atoms with Gasteiger partial charge in [0, 0.05) is 0 Å². The molecule has 0 heterocycles. The van der Waals surface area contributed by atoms with Crippen LogP contribution >= 0.6 is 0 Å². The van der Waals surface area contributed by atoms with Crippen LogP contribution in [0, 0.1) is 13.8 Å². The maximum Gasteiger partial charge on any atom is 0.258 e. The van der Waals surface area contributed by atoms with E-state index in [1.54, 1.807) is 0 Å². The molecule has 0 amide bonds. The molecule has 0 unspecified atom stereocenters. The molecule has 1 nitrogen and oxygen atoms in total. The van der Waals surface area contributed by atoms with Crippen molar-refractivity contribution in [2.24, 2.45) is 0 Å². The van der Waals surface area contributed by atoms with Crippen molar-refractivity contribution >= 4 is 8.32 Å². The maximum absolute atomic E-state index is 6.74. The van der Waals surface area contributed by atoms with Gasteiger partial charge in [0.05, 0.1) is 0 Å². The van der Waals surface area contributed by atoms with E-state index in [0.29, 0.717) is 16.6 Å². The van der Waals surface area contributed by atoms with Gasteiger partial charge in [-0.3, -0.25) is 0 Å². The third-order valence-corrected chi connectivity index (χ3v) is 10.5. The molecule has 1 aromatic carbocycles. The van der Waals surface area contributed by atoms with Crippen molar-refractivity contribution in [3.63, 3.8) is 0 Å². The van der Waals surface area contributed by atoms with Gasteiger partial charge < -0.3 is 4.43 Å². The summed E-state index contributed by atoms with van der Waals surface area (Å²) in [6, 6.07) is 6.40. The molecule has 108 valence electrons. The fourth-order valence-corrected chi connectivity index (χ4v) is 8.69. The fourth-order valence-electron chi connectivity index (χ4n) is 3.38. The predicted octanol–water partition coefficient (Wildman–Crippen LogP) is 5.86. The van der Waals surface area contributed by atoms with Crippen LogP contribution in [0.1, 0.15) is 52.7 Å². The lowest BCUT2D eigenvalue weighted by Crippen LogP contribution is -2.50. The number of hydrogen-bond donors (Lipinski definition) is 0. The van der Waals surface area contributed by atoms with Gasteiger partial charge in [-0.25, -0.2) is 0 Å². The third-order valence-electron chi connectivity index (χ3n) is 4.55. The summed E-state index contributed by atoms with van der Waals surface area (Å²) >= 11 is 0. The van der Waals surface area contributed by atoms with Crippen LogP contribution in [0.25, 0.3) is 0 Å². The molecule has 0 aromatic heterocycles. The highest BCUT2D eigenvalue weighted by Gasteiger charge is 2.47. The van der Waals surface area contributed by atoms with E-state index >= 15 is 0 Å². The van der Waals surface area contributed by atoms with Crippen LogP contribution in [-0.2, 0) is 0 Å². The molecule has 0 aliphatic carbocycles. The third kappa shape index (κ3) is 3.05. The quantitative estimate of drug-likeness (QED) is 0.613. The summed E-state index contributed by atoms with van der Waals surface area (Å²) in [6.45, 7) is 18.3. The van der Waals surface area contributed by atoms with Crippen LogP contribution in [-0.4, -0.2) is 8.32 Å². The summed E-state index contributed by atoms with van der Waals surface area (Å²) in [4.78, 5) is 0. The van der Waals surface area contributed by atoms with Crippen LogP contribution in [0.5, 0.6) is 5.75 Å². The molecule has 0 saturated carbocycles. The summed E-state index contributed by atoms with van der Waals surface area (Å²) in [5.41, 5.74) is 4.46. The molecule has 19 heavy (non-hydrogen) atoms. The molecule has 0 radical (unpaired) electrons. The standard InChI is InChI=1S/C17H30OSi/c1-12(2)19(13(3)4,14(5)6)18-17-11-9-10-15(7)16(17)8/h9-14H,1-8H3. The van der Waals surface area contributed by atoms with Crippen molar-refractivity contribution in [3.05, 3.63) is 29.3 Å². The topological polar surface area (TPSA) is 9.23 Å². The normalized spacial score (nSPS) is 12.6. The molecule has 0 atom stereocenters. The first kappa shape index (κ1) is 16.3. The first-order valence-electron chi connectivity index (χ1n) is 7.48. The van der Waals surface area contributed by atoms with Gasteiger partial charge >= 0.3 is 0 Å². The maximum atomic E-state index is 6.74. The zero-order valence-corrected chi connectivity index (χ0v) is 14.9. The van der Waals surface area contributed by atoms with E-state index in [1.807, 2.05) is 0 Å². The summed E-state index contributed by atoms with van der Waals surface area (Å²) in [5.74, 6) is 1.10. The highest BCUT2D eigenvalue weighted by atomic mass is 28.4. The van der Waals surface area contributed by atoms with Crippen molar-refractivity contribution in [1.29, 1.82) is 0 Å². The monoisotopic (exact) mass is 278 g/mol. The zero-order valence-electron chi connectivity index (χ0n) is 13.9. The van der Waals surface area contributed by atoms with Gasteiger partial charge in [-0.1, -0.05) is 53.7 Å². The molecular formula is C17H30OSi. The van der Waals surface area contributed by atoms with Crippen molar-refractivity contribution in [2.45, 2.75) is 72.0 Å². The first-order chi connectivity index (χ1) is 8.73. The van der Waals surface area contributed by atoms with Gasteiger partial charge in [-0.15, -0.1) is 0 Å². The lowest BCUT2D eigenvalue weighted by atomic mass is 10.1. The Labute approximate surface area is 120 Å². The Kier molecular flexibility index (Phi) is 5.25. The molecule has 0 saturated heterocycles. The molecule has 0 fully saturated rings.